The highest BCUT2D eigenvalue weighted by Crippen LogP contribution is 2.48. The Labute approximate surface area is 161 Å². The minimum Gasteiger partial charge on any atom is -0.360 e. The van der Waals surface area contributed by atoms with Gasteiger partial charge in [0, 0.05) is 30.8 Å². The van der Waals surface area contributed by atoms with E-state index in [9.17, 15) is 22.8 Å². The van der Waals surface area contributed by atoms with Crippen LogP contribution in [-0.2, 0) is 15.1 Å². The Hall–Kier alpha value is -2.09. The first kappa shape index (κ1) is 19.2. The molecule has 0 aromatic heterocycles. The predicted octanol–water partition coefficient (Wildman–Crippen LogP) is 3.62. The SMILES string of the molecule is O=C(c1ccc2c(c1)C1(CCCCO1)C(=O)N2CC(F)(F)F)N1CCCCC1. The van der Waals surface area contributed by atoms with Gasteiger partial charge in [-0.3, -0.25) is 9.59 Å². The van der Waals surface area contributed by atoms with Crippen LogP contribution < -0.4 is 4.90 Å². The molecule has 28 heavy (non-hydrogen) atoms. The number of halogens is 3. The molecule has 0 saturated carbocycles. The standard InChI is InChI=1S/C20H23F3N2O3/c21-20(22,23)13-25-16-7-6-14(17(26)24-9-3-1-4-10-24)12-15(16)19(18(25)27)8-2-5-11-28-19/h6-7,12H,1-5,8-11,13H2. The van der Waals surface area contributed by atoms with Crippen LogP contribution in [0.15, 0.2) is 18.2 Å². The summed E-state index contributed by atoms with van der Waals surface area (Å²) in [5, 5.41) is 0. The van der Waals surface area contributed by atoms with E-state index in [1.165, 1.54) is 12.1 Å². The van der Waals surface area contributed by atoms with Gasteiger partial charge in [0.05, 0.1) is 5.69 Å². The number of amides is 2. The molecule has 0 N–H and O–H groups in total. The Morgan fingerprint density at radius 2 is 1.86 bits per heavy atom. The summed E-state index contributed by atoms with van der Waals surface area (Å²) in [4.78, 5) is 28.4. The average Bonchev–Trinajstić information content (AvgIpc) is 2.90. The van der Waals surface area contributed by atoms with Gasteiger partial charge < -0.3 is 14.5 Å². The summed E-state index contributed by atoms with van der Waals surface area (Å²) in [5.74, 6) is -0.822. The summed E-state index contributed by atoms with van der Waals surface area (Å²) in [6, 6.07) is 4.56. The number of nitrogens with zero attached hydrogens (tertiary/aromatic N) is 2. The van der Waals surface area contributed by atoms with Crippen LogP contribution >= 0.6 is 0 Å². The number of rotatable bonds is 2. The van der Waals surface area contributed by atoms with Gasteiger partial charge >= 0.3 is 6.18 Å². The van der Waals surface area contributed by atoms with Gasteiger partial charge in [-0.15, -0.1) is 0 Å². The number of likely N-dealkylation sites (tertiary alicyclic amines) is 1. The van der Waals surface area contributed by atoms with Gasteiger partial charge in [-0.2, -0.15) is 13.2 Å². The van der Waals surface area contributed by atoms with Gasteiger partial charge in [0.25, 0.3) is 11.8 Å². The Morgan fingerprint density at radius 1 is 1.11 bits per heavy atom. The van der Waals surface area contributed by atoms with Crippen molar-refractivity contribution in [2.75, 3.05) is 31.1 Å². The molecular weight excluding hydrogens is 373 g/mol. The Morgan fingerprint density at radius 3 is 2.50 bits per heavy atom. The summed E-state index contributed by atoms with van der Waals surface area (Å²) < 4.78 is 45.1. The number of hydrogen-bond donors (Lipinski definition) is 0. The highest BCUT2D eigenvalue weighted by molar-refractivity contribution is 6.08. The van der Waals surface area contributed by atoms with E-state index in [2.05, 4.69) is 0 Å². The molecule has 0 aliphatic carbocycles. The van der Waals surface area contributed by atoms with Crippen LogP contribution in [0.3, 0.4) is 0 Å². The number of carbonyl (C=O) groups is 2. The maximum atomic E-state index is 13.1. The van der Waals surface area contributed by atoms with Crippen LogP contribution in [0, 0.1) is 0 Å². The Bertz CT molecular complexity index is 781. The molecule has 0 bridgehead atoms. The molecule has 1 spiro atoms. The van der Waals surface area contributed by atoms with Crippen LogP contribution in [-0.4, -0.2) is 49.1 Å². The first-order chi connectivity index (χ1) is 13.3. The third-order valence-electron chi connectivity index (χ3n) is 5.81. The van der Waals surface area contributed by atoms with Crippen molar-refractivity contribution in [1.82, 2.24) is 4.90 Å². The monoisotopic (exact) mass is 396 g/mol. The number of piperidine rings is 1. The fraction of sp³-hybridized carbons (Fsp3) is 0.600. The van der Waals surface area contributed by atoms with E-state index < -0.39 is 24.2 Å². The molecule has 2 amide bonds. The van der Waals surface area contributed by atoms with Crippen molar-refractivity contribution in [1.29, 1.82) is 0 Å². The van der Waals surface area contributed by atoms with E-state index >= 15 is 0 Å². The van der Waals surface area contributed by atoms with Crippen molar-refractivity contribution in [3.8, 4) is 0 Å². The van der Waals surface area contributed by atoms with E-state index in [1.807, 2.05) is 0 Å². The van der Waals surface area contributed by atoms with Crippen LogP contribution in [0.25, 0.3) is 0 Å². The second-order valence-corrected chi connectivity index (χ2v) is 7.72. The molecule has 5 nitrogen and oxygen atoms in total. The van der Waals surface area contributed by atoms with Crippen molar-refractivity contribution >= 4 is 17.5 Å². The lowest BCUT2D eigenvalue weighted by Gasteiger charge is -2.33. The van der Waals surface area contributed by atoms with Crippen molar-refractivity contribution in [2.45, 2.75) is 50.3 Å². The van der Waals surface area contributed by atoms with Crippen LogP contribution in [0.5, 0.6) is 0 Å². The van der Waals surface area contributed by atoms with E-state index in [0.29, 0.717) is 43.7 Å². The quantitative estimate of drug-likeness (QED) is 0.767. The maximum absolute atomic E-state index is 13.1. The van der Waals surface area contributed by atoms with Crippen LogP contribution in [0.2, 0.25) is 0 Å². The third kappa shape index (κ3) is 3.27. The van der Waals surface area contributed by atoms with E-state index in [1.54, 1.807) is 11.0 Å². The lowest BCUT2D eigenvalue weighted by molar-refractivity contribution is -0.155. The zero-order valence-electron chi connectivity index (χ0n) is 15.6. The Kier molecular flexibility index (Phi) is 4.85. The van der Waals surface area contributed by atoms with Gasteiger partial charge in [-0.25, -0.2) is 0 Å². The van der Waals surface area contributed by atoms with E-state index in [-0.39, 0.29) is 11.6 Å². The minimum absolute atomic E-state index is 0.143. The topological polar surface area (TPSA) is 49.9 Å². The van der Waals surface area contributed by atoms with E-state index in [4.69, 9.17) is 4.74 Å². The molecule has 0 radical (unpaired) electrons. The third-order valence-corrected chi connectivity index (χ3v) is 5.81. The predicted molar refractivity (Wildman–Crippen MR) is 96.1 cm³/mol. The van der Waals surface area contributed by atoms with Crippen molar-refractivity contribution in [3.05, 3.63) is 29.3 Å². The molecule has 3 aliphatic heterocycles. The molecule has 3 aliphatic rings. The molecule has 152 valence electrons. The van der Waals surface area contributed by atoms with Crippen molar-refractivity contribution < 1.29 is 27.5 Å². The molecular formula is C20H23F3N2O3. The van der Waals surface area contributed by atoms with Crippen LogP contribution in [0.4, 0.5) is 18.9 Å². The smallest absolute Gasteiger partial charge is 0.360 e. The van der Waals surface area contributed by atoms with Gasteiger partial charge in [0.15, 0.2) is 5.60 Å². The summed E-state index contributed by atoms with van der Waals surface area (Å²) >= 11 is 0. The van der Waals surface area contributed by atoms with Crippen LogP contribution in [0.1, 0.15) is 54.4 Å². The average molecular weight is 396 g/mol. The number of hydrogen-bond acceptors (Lipinski definition) is 3. The fourth-order valence-corrected chi connectivity index (χ4v) is 4.46. The number of ether oxygens (including phenoxy) is 1. The molecule has 4 rings (SSSR count). The molecule has 3 heterocycles. The van der Waals surface area contributed by atoms with Gasteiger partial charge in [0.2, 0.25) is 0 Å². The second-order valence-electron chi connectivity index (χ2n) is 7.72. The molecule has 1 atom stereocenters. The first-order valence-corrected chi connectivity index (χ1v) is 9.78. The highest BCUT2D eigenvalue weighted by atomic mass is 19.4. The molecule has 2 saturated heterocycles. The fourth-order valence-electron chi connectivity index (χ4n) is 4.46. The summed E-state index contributed by atoms with van der Waals surface area (Å²) in [7, 11) is 0. The number of benzene rings is 1. The zero-order chi connectivity index (χ0) is 19.9. The second kappa shape index (κ2) is 7.06. The molecule has 2 fully saturated rings. The minimum atomic E-state index is -4.52. The maximum Gasteiger partial charge on any atom is 0.406 e. The molecule has 1 unspecified atom stereocenters. The van der Waals surface area contributed by atoms with E-state index in [0.717, 1.165) is 30.6 Å². The van der Waals surface area contributed by atoms with Gasteiger partial charge in [-0.1, -0.05) is 0 Å². The summed E-state index contributed by atoms with van der Waals surface area (Å²) in [6.07, 6.45) is 0.240. The summed E-state index contributed by atoms with van der Waals surface area (Å²) in [6.45, 7) is 0.312. The number of anilines is 1. The molecule has 8 heteroatoms. The first-order valence-electron chi connectivity index (χ1n) is 9.78. The largest absolute Gasteiger partial charge is 0.406 e. The number of fused-ring (bicyclic) bond motifs is 2. The number of carbonyl (C=O) groups excluding carboxylic acids is 2. The van der Waals surface area contributed by atoms with Gasteiger partial charge in [0.1, 0.15) is 6.54 Å². The zero-order valence-corrected chi connectivity index (χ0v) is 15.6. The lowest BCUT2D eigenvalue weighted by Crippen LogP contribution is -2.47. The van der Waals surface area contributed by atoms with Gasteiger partial charge in [-0.05, 0) is 56.7 Å². The molecule has 1 aromatic carbocycles. The summed E-state index contributed by atoms with van der Waals surface area (Å²) in [5.41, 5.74) is -0.420. The number of alkyl halides is 3. The Balaban J connectivity index is 1.73. The normalized spacial score (nSPS) is 25.3. The lowest BCUT2D eigenvalue weighted by atomic mass is 9.86. The highest BCUT2D eigenvalue weighted by Gasteiger charge is 2.54. The van der Waals surface area contributed by atoms with Crippen molar-refractivity contribution in [3.63, 3.8) is 0 Å². The molecule has 1 aromatic rings. The van der Waals surface area contributed by atoms with Crippen molar-refractivity contribution in [2.24, 2.45) is 0 Å².